The van der Waals surface area contributed by atoms with Crippen molar-refractivity contribution in [2.45, 2.75) is 31.9 Å². The van der Waals surface area contributed by atoms with E-state index in [2.05, 4.69) is 10.3 Å². The lowest BCUT2D eigenvalue weighted by molar-refractivity contribution is -0.185. The fraction of sp³-hybridized carbons (Fsp3) is 0.500. The lowest BCUT2D eigenvalue weighted by Crippen LogP contribution is -2.34. The third kappa shape index (κ3) is 3.94. The van der Waals surface area contributed by atoms with Gasteiger partial charge in [-0.2, -0.15) is 18.4 Å². The molecule has 1 N–H and O–H groups in total. The first-order chi connectivity index (χ1) is 9.90. The molecule has 1 saturated carbocycles. The lowest BCUT2D eigenvalue weighted by Gasteiger charge is -2.29. The molecule has 0 saturated heterocycles. The smallest absolute Gasteiger partial charge is 0.310 e. The van der Waals surface area contributed by atoms with Crippen molar-refractivity contribution in [3.63, 3.8) is 0 Å². The fourth-order valence-corrected chi connectivity index (χ4v) is 2.49. The fourth-order valence-electron chi connectivity index (χ4n) is 2.49. The normalized spacial score (nSPS) is 22.4. The van der Waals surface area contributed by atoms with Crippen molar-refractivity contribution in [2.75, 3.05) is 5.32 Å². The molecule has 1 amide bonds. The summed E-state index contributed by atoms with van der Waals surface area (Å²) in [6, 6.07) is 4.84. The van der Waals surface area contributed by atoms with Gasteiger partial charge in [0.1, 0.15) is 11.9 Å². The van der Waals surface area contributed by atoms with Gasteiger partial charge in [0, 0.05) is 12.1 Å². The average molecular weight is 297 g/mol. The molecule has 2 rings (SSSR count). The van der Waals surface area contributed by atoms with Crippen molar-refractivity contribution < 1.29 is 18.0 Å². The topological polar surface area (TPSA) is 65.8 Å². The van der Waals surface area contributed by atoms with Gasteiger partial charge in [-0.3, -0.25) is 4.79 Å². The first kappa shape index (κ1) is 15.3. The van der Waals surface area contributed by atoms with E-state index >= 15 is 0 Å². The Morgan fingerprint density at radius 3 is 2.71 bits per heavy atom. The Kier molecular flexibility index (Phi) is 4.46. The van der Waals surface area contributed by atoms with Crippen LogP contribution in [0, 0.1) is 23.2 Å². The van der Waals surface area contributed by atoms with E-state index in [0.29, 0.717) is 18.4 Å². The van der Waals surface area contributed by atoms with Gasteiger partial charge < -0.3 is 5.32 Å². The molecule has 1 fully saturated rings. The van der Waals surface area contributed by atoms with Crippen molar-refractivity contribution in [2.24, 2.45) is 11.8 Å². The van der Waals surface area contributed by atoms with Crippen LogP contribution in [0.25, 0.3) is 0 Å². The van der Waals surface area contributed by atoms with Gasteiger partial charge in [-0.15, -0.1) is 0 Å². The minimum Gasteiger partial charge on any atom is -0.310 e. The van der Waals surface area contributed by atoms with Crippen LogP contribution in [-0.2, 0) is 4.79 Å². The SMILES string of the molecule is N#Cc1ccc(NC(=O)C2CCCC(C(F)(F)F)C2)nc1. The van der Waals surface area contributed by atoms with E-state index in [1.54, 1.807) is 0 Å². The van der Waals surface area contributed by atoms with E-state index in [-0.39, 0.29) is 18.7 Å². The molecule has 1 aliphatic carbocycles. The van der Waals surface area contributed by atoms with Crippen molar-refractivity contribution in [3.8, 4) is 6.07 Å². The van der Waals surface area contributed by atoms with Crippen LogP contribution in [0.2, 0.25) is 0 Å². The maximum absolute atomic E-state index is 12.7. The molecule has 112 valence electrons. The number of nitrogens with one attached hydrogen (secondary N) is 1. The van der Waals surface area contributed by atoms with Crippen LogP contribution < -0.4 is 5.32 Å². The number of anilines is 1. The molecule has 0 radical (unpaired) electrons. The van der Waals surface area contributed by atoms with Gasteiger partial charge in [-0.1, -0.05) is 6.42 Å². The first-order valence-electron chi connectivity index (χ1n) is 6.64. The molecule has 2 atom stereocenters. The quantitative estimate of drug-likeness (QED) is 0.911. The maximum Gasteiger partial charge on any atom is 0.391 e. The summed E-state index contributed by atoms with van der Waals surface area (Å²) >= 11 is 0. The highest BCUT2D eigenvalue weighted by Gasteiger charge is 2.43. The van der Waals surface area contributed by atoms with E-state index in [4.69, 9.17) is 5.26 Å². The van der Waals surface area contributed by atoms with Crippen LogP contribution in [0.3, 0.4) is 0 Å². The van der Waals surface area contributed by atoms with Crippen LogP contribution in [0.1, 0.15) is 31.2 Å². The van der Waals surface area contributed by atoms with Crippen molar-refractivity contribution in [1.82, 2.24) is 4.98 Å². The molecular formula is C14H14F3N3O. The number of nitrogens with zero attached hydrogens (tertiary/aromatic N) is 2. The lowest BCUT2D eigenvalue weighted by atomic mass is 9.80. The summed E-state index contributed by atoms with van der Waals surface area (Å²) in [7, 11) is 0. The first-order valence-corrected chi connectivity index (χ1v) is 6.64. The summed E-state index contributed by atoms with van der Waals surface area (Å²) in [6.45, 7) is 0. The van der Waals surface area contributed by atoms with E-state index in [1.807, 2.05) is 6.07 Å². The number of rotatable bonds is 2. The van der Waals surface area contributed by atoms with E-state index < -0.39 is 23.9 Å². The van der Waals surface area contributed by atoms with Gasteiger partial charge >= 0.3 is 6.18 Å². The van der Waals surface area contributed by atoms with Crippen molar-refractivity contribution >= 4 is 11.7 Å². The Hall–Kier alpha value is -2.10. The summed E-state index contributed by atoms with van der Waals surface area (Å²) in [5.74, 6) is -2.26. The number of carbonyl (C=O) groups is 1. The van der Waals surface area contributed by atoms with Gasteiger partial charge in [0.2, 0.25) is 5.91 Å². The molecule has 1 aliphatic rings. The summed E-state index contributed by atoms with van der Waals surface area (Å²) in [4.78, 5) is 15.9. The number of halogens is 3. The average Bonchev–Trinajstić information content (AvgIpc) is 2.47. The monoisotopic (exact) mass is 297 g/mol. The number of hydrogen-bond donors (Lipinski definition) is 1. The Morgan fingerprint density at radius 1 is 1.38 bits per heavy atom. The van der Waals surface area contributed by atoms with Gasteiger partial charge in [0.15, 0.2) is 0 Å². The third-order valence-corrected chi connectivity index (χ3v) is 3.65. The molecular weight excluding hydrogens is 283 g/mol. The number of nitriles is 1. The molecule has 4 nitrogen and oxygen atoms in total. The molecule has 1 heterocycles. The molecule has 0 spiro atoms. The van der Waals surface area contributed by atoms with Gasteiger partial charge in [0.05, 0.1) is 11.5 Å². The summed E-state index contributed by atoms with van der Waals surface area (Å²) in [6.07, 6.45) is -2.19. The highest BCUT2D eigenvalue weighted by Crippen LogP contribution is 2.40. The number of hydrogen-bond acceptors (Lipinski definition) is 3. The van der Waals surface area contributed by atoms with Crippen LogP contribution in [0.4, 0.5) is 19.0 Å². The second kappa shape index (κ2) is 6.12. The molecule has 0 aliphatic heterocycles. The number of amides is 1. The Balaban J connectivity index is 1.98. The highest BCUT2D eigenvalue weighted by molar-refractivity contribution is 5.91. The molecule has 7 heteroatoms. The maximum atomic E-state index is 12.7. The van der Waals surface area contributed by atoms with Crippen LogP contribution in [0.15, 0.2) is 18.3 Å². The molecule has 1 aromatic rings. The summed E-state index contributed by atoms with van der Waals surface area (Å²) in [5, 5.41) is 11.1. The van der Waals surface area contributed by atoms with Crippen LogP contribution in [0.5, 0.6) is 0 Å². The number of pyridine rings is 1. The minimum atomic E-state index is -4.24. The standard InChI is InChI=1S/C14H14F3N3O/c15-14(16,17)11-3-1-2-10(6-11)13(21)20-12-5-4-9(7-18)8-19-12/h4-5,8,10-11H,1-3,6H2,(H,19,20,21). The van der Waals surface area contributed by atoms with Gasteiger partial charge in [-0.05, 0) is 31.4 Å². The zero-order valence-corrected chi connectivity index (χ0v) is 11.2. The molecule has 0 bridgehead atoms. The number of alkyl halides is 3. The predicted octanol–water partition coefficient (Wildman–Crippen LogP) is 3.26. The van der Waals surface area contributed by atoms with E-state index in [0.717, 1.165) is 0 Å². The summed E-state index contributed by atoms with van der Waals surface area (Å²) < 4.78 is 38.1. The number of carbonyl (C=O) groups excluding carboxylic acids is 1. The second-order valence-corrected chi connectivity index (χ2v) is 5.14. The minimum absolute atomic E-state index is 0.0857. The zero-order valence-electron chi connectivity index (χ0n) is 11.2. The molecule has 2 unspecified atom stereocenters. The van der Waals surface area contributed by atoms with E-state index in [9.17, 15) is 18.0 Å². The van der Waals surface area contributed by atoms with Gasteiger partial charge in [0.25, 0.3) is 0 Å². The Bertz CT molecular complexity index is 548. The zero-order chi connectivity index (χ0) is 15.5. The second-order valence-electron chi connectivity index (χ2n) is 5.14. The van der Waals surface area contributed by atoms with Crippen molar-refractivity contribution in [1.29, 1.82) is 5.26 Å². The van der Waals surface area contributed by atoms with E-state index in [1.165, 1.54) is 18.3 Å². The van der Waals surface area contributed by atoms with Crippen LogP contribution >= 0.6 is 0 Å². The van der Waals surface area contributed by atoms with Gasteiger partial charge in [-0.25, -0.2) is 4.98 Å². The Labute approximate surface area is 120 Å². The number of aromatic nitrogens is 1. The van der Waals surface area contributed by atoms with Crippen LogP contribution in [-0.4, -0.2) is 17.1 Å². The predicted molar refractivity (Wildman–Crippen MR) is 69.1 cm³/mol. The third-order valence-electron chi connectivity index (χ3n) is 3.65. The Morgan fingerprint density at radius 2 is 2.14 bits per heavy atom. The summed E-state index contributed by atoms with van der Waals surface area (Å²) in [5.41, 5.74) is 0.350. The molecule has 21 heavy (non-hydrogen) atoms. The van der Waals surface area contributed by atoms with Crippen molar-refractivity contribution in [3.05, 3.63) is 23.9 Å². The largest absolute Gasteiger partial charge is 0.391 e. The molecule has 0 aromatic carbocycles. The highest BCUT2D eigenvalue weighted by atomic mass is 19.4. The molecule has 1 aromatic heterocycles.